The molecule has 0 aliphatic rings. The van der Waals surface area contributed by atoms with Crippen molar-refractivity contribution in [3.63, 3.8) is 0 Å². The average Bonchev–Trinajstić information content (AvgIpc) is 2.41. The minimum Gasteiger partial charge on any atom is -0.321 e. The standard InChI is InChI=1S/C12H6Br2ClN3O3/c13-6-1-2-9(8(14)3-6)17-12(19)7-4-11(15)16-5-10(7)18(20)21/h1-5H,(H,17,19). The van der Waals surface area contributed by atoms with Crippen molar-refractivity contribution in [3.8, 4) is 0 Å². The fourth-order valence-electron chi connectivity index (χ4n) is 1.53. The van der Waals surface area contributed by atoms with E-state index >= 15 is 0 Å². The van der Waals surface area contributed by atoms with Crippen LogP contribution in [0.2, 0.25) is 5.15 Å². The molecule has 9 heteroatoms. The molecule has 0 unspecified atom stereocenters. The Morgan fingerprint density at radius 2 is 2.05 bits per heavy atom. The van der Waals surface area contributed by atoms with Crippen LogP contribution in [-0.4, -0.2) is 15.8 Å². The molecule has 1 N–H and O–H groups in total. The molecule has 0 radical (unpaired) electrons. The quantitative estimate of drug-likeness (QED) is 0.439. The first kappa shape index (κ1) is 15.9. The van der Waals surface area contributed by atoms with Crippen LogP contribution < -0.4 is 5.32 Å². The highest BCUT2D eigenvalue weighted by atomic mass is 79.9. The first-order valence-electron chi connectivity index (χ1n) is 5.45. The maximum Gasteiger partial charge on any atom is 0.300 e. The summed E-state index contributed by atoms with van der Waals surface area (Å²) in [4.78, 5) is 26.0. The highest BCUT2D eigenvalue weighted by molar-refractivity contribution is 9.11. The number of pyridine rings is 1. The Hall–Kier alpha value is -1.51. The minimum absolute atomic E-state index is 0.000576. The molecule has 6 nitrogen and oxygen atoms in total. The lowest BCUT2D eigenvalue weighted by atomic mass is 10.2. The van der Waals surface area contributed by atoms with Gasteiger partial charge in [0.1, 0.15) is 16.9 Å². The van der Waals surface area contributed by atoms with Gasteiger partial charge < -0.3 is 5.32 Å². The van der Waals surface area contributed by atoms with E-state index in [-0.39, 0.29) is 10.7 Å². The lowest BCUT2D eigenvalue weighted by Gasteiger charge is -2.08. The molecule has 1 aromatic heterocycles. The Kier molecular flexibility index (Phi) is 4.92. The maximum absolute atomic E-state index is 12.2. The Morgan fingerprint density at radius 1 is 1.33 bits per heavy atom. The predicted molar refractivity (Wildman–Crippen MR) is 85.7 cm³/mol. The van der Waals surface area contributed by atoms with E-state index in [0.29, 0.717) is 10.2 Å². The Balaban J connectivity index is 2.36. The monoisotopic (exact) mass is 433 g/mol. The zero-order chi connectivity index (χ0) is 15.6. The normalized spacial score (nSPS) is 10.2. The van der Waals surface area contributed by atoms with Crippen LogP contribution in [-0.2, 0) is 0 Å². The third kappa shape index (κ3) is 3.78. The van der Waals surface area contributed by atoms with Gasteiger partial charge in [0.25, 0.3) is 11.6 Å². The van der Waals surface area contributed by atoms with Crippen LogP contribution in [0.4, 0.5) is 11.4 Å². The van der Waals surface area contributed by atoms with Gasteiger partial charge in [-0.05, 0) is 40.2 Å². The molecule has 0 aliphatic heterocycles. The summed E-state index contributed by atoms with van der Waals surface area (Å²) in [5.74, 6) is -0.644. The number of carbonyl (C=O) groups is 1. The summed E-state index contributed by atoms with van der Waals surface area (Å²) in [6.07, 6.45) is 0.952. The van der Waals surface area contributed by atoms with Crippen molar-refractivity contribution in [1.82, 2.24) is 4.98 Å². The highest BCUT2D eigenvalue weighted by Crippen LogP contribution is 2.28. The third-order valence-electron chi connectivity index (χ3n) is 2.47. The van der Waals surface area contributed by atoms with E-state index in [1.54, 1.807) is 18.2 Å². The minimum atomic E-state index is -0.686. The van der Waals surface area contributed by atoms with Crippen molar-refractivity contribution < 1.29 is 9.72 Å². The van der Waals surface area contributed by atoms with Gasteiger partial charge in [-0.25, -0.2) is 4.98 Å². The van der Waals surface area contributed by atoms with Gasteiger partial charge in [-0.2, -0.15) is 0 Å². The zero-order valence-corrected chi connectivity index (χ0v) is 14.1. The molecule has 0 saturated carbocycles. The molecular weight excluding hydrogens is 429 g/mol. The van der Waals surface area contributed by atoms with Gasteiger partial charge >= 0.3 is 0 Å². The molecule has 0 fully saturated rings. The van der Waals surface area contributed by atoms with Crippen LogP contribution in [0, 0.1) is 10.1 Å². The van der Waals surface area contributed by atoms with Crippen molar-refractivity contribution in [2.24, 2.45) is 0 Å². The topological polar surface area (TPSA) is 85.1 Å². The lowest BCUT2D eigenvalue weighted by molar-refractivity contribution is -0.385. The molecule has 0 aliphatic carbocycles. The van der Waals surface area contributed by atoms with Crippen molar-refractivity contribution in [1.29, 1.82) is 0 Å². The molecule has 0 spiro atoms. The number of anilines is 1. The van der Waals surface area contributed by atoms with Crippen LogP contribution in [0.1, 0.15) is 10.4 Å². The number of hydrogen-bond acceptors (Lipinski definition) is 4. The summed E-state index contributed by atoms with van der Waals surface area (Å²) in [6, 6.07) is 6.28. The van der Waals surface area contributed by atoms with Crippen LogP contribution in [0.5, 0.6) is 0 Å². The number of benzene rings is 1. The van der Waals surface area contributed by atoms with E-state index in [2.05, 4.69) is 42.2 Å². The van der Waals surface area contributed by atoms with E-state index in [0.717, 1.165) is 16.7 Å². The lowest BCUT2D eigenvalue weighted by Crippen LogP contribution is -2.14. The van der Waals surface area contributed by atoms with Gasteiger partial charge in [-0.3, -0.25) is 14.9 Å². The molecule has 1 heterocycles. The number of nitrogens with one attached hydrogen (secondary N) is 1. The molecule has 2 rings (SSSR count). The number of hydrogen-bond donors (Lipinski definition) is 1. The Bertz CT molecular complexity index is 740. The van der Waals surface area contributed by atoms with E-state index in [1.807, 2.05) is 0 Å². The maximum atomic E-state index is 12.2. The zero-order valence-electron chi connectivity index (χ0n) is 10.1. The second kappa shape index (κ2) is 6.50. The molecule has 1 aromatic carbocycles. The summed E-state index contributed by atoms with van der Waals surface area (Å²) in [5, 5.41) is 13.5. The highest BCUT2D eigenvalue weighted by Gasteiger charge is 2.22. The number of amides is 1. The van der Waals surface area contributed by atoms with Crippen molar-refractivity contribution in [2.45, 2.75) is 0 Å². The summed E-state index contributed by atoms with van der Waals surface area (Å²) in [5.41, 5.74) is -0.0922. The van der Waals surface area contributed by atoms with E-state index in [4.69, 9.17) is 11.6 Å². The van der Waals surface area contributed by atoms with Gasteiger partial charge in [0.05, 0.1) is 10.6 Å². The summed E-state index contributed by atoms with van der Waals surface area (Å²) < 4.78 is 1.46. The van der Waals surface area contributed by atoms with Crippen LogP contribution in [0.3, 0.4) is 0 Å². The van der Waals surface area contributed by atoms with E-state index in [1.165, 1.54) is 0 Å². The van der Waals surface area contributed by atoms with Crippen LogP contribution in [0.15, 0.2) is 39.4 Å². The number of halogens is 3. The molecule has 0 bridgehead atoms. The largest absolute Gasteiger partial charge is 0.321 e. The third-order valence-corrected chi connectivity index (χ3v) is 3.83. The van der Waals surface area contributed by atoms with Crippen LogP contribution >= 0.6 is 43.5 Å². The van der Waals surface area contributed by atoms with E-state index in [9.17, 15) is 14.9 Å². The average molecular weight is 435 g/mol. The molecule has 1 amide bonds. The predicted octanol–water partition coefficient (Wildman–Crippen LogP) is 4.42. The Morgan fingerprint density at radius 3 is 2.67 bits per heavy atom. The fourth-order valence-corrected chi connectivity index (χ4v) is 2.83. The number of aromatic nitrogens is 1. The van der Waals surface area contributed by atoms with Crippen molar-refractivity contribution in [2.75, 3.05) is 5.32 Å². The fraction of sp³-hybridized carbons (Fsp3) is 0. The first-order chi connectivity index (χ1) is 9.88. The number of nitrogens with zero attached hydrogens (tertiary/aromatic N) is 2. The van der Waals surface area contributed by atoms with Gasteiger partial charge in [-0.15, -0.1) is 0 Å². The molecular formula is C12H6Br2ClN3O3. The van der Waals surface area contributed by atoms with E-state index < -0.39 is 16.5 Å². The van der Waals surface area contributed by atoms with Crippen molar-refractivity contribution in [3.05, 3.63) is 60.2 Å². The first-order valence-corrected chi connectivity index (χ1v) is 7.41. The summed E-state index contributed by atoms with van der Waals surface area (Å²) in [6.45, 7) is 0. The molecule has 0 atom stereocenters. The van der Waals surface area contributed by atoms with Crippen LogP contribution in [0.25, 0.3) is 0 Å². The Labute approximate surface area is 140 Å². The summed E-state index contributed by atoms with van der Waals surface area (Å²) >= 11 is 12.3. The molecule has 21 heavy (non-hydrogen) atoms. The SMILES string of the molecule is O=C(Nc1ccc(Br)cc1Br)c1cc(Cl)ncc1[N+](=O)[O-]. The van der Waals surface area contributed by atoms with Crippen molar-refractivity contribution >= 4 is 60.7 Å². The second-order valence-corrected chi connectivity index (χ2v) is 6.02. The van der Waals surface area contributed by atoms with Gasteiger partial charge in [0.15, 0.2) is 0 Å². The van der Waals surface area contributed by atoms with Gasteiger partial charge in [-0.1, -0.05) is 27.5 Å². The smallest absolute Gasteiger partial charge is 0.300 e. The van der Waals surface area contributed by atoms with Gasteiger partial charge in [0.2, 0.25) is 0 Å². The van der Waals surface area contributed by atoms with Gasteiger partial charge in [0, 0.05) is 8.95 Å². The summed E-state index contributed by atoms with van der Waals surface area (Å²) in [7, 11) is 0. The number of carbonyl (C=O) groups excluding carboxylic acids is 1. The molecule has 0 saturated heterocycles. The molecule has 2 aromatic rings. The number of nitro groups is 1. The molecule has 108 valence electrons. The second-order valence-electron chi connectivity index (χ2n) is 3.86. The number of rotatable bonds is 3.